The van der Waals surface area contributed by atoms with Gasteiger partial charge < -0.3 is 0 Å². The predicted molar refractivity (Wildman–Crippen MR) is 108 cm³/mol. The first-order valence-electron chi connectivity index (χ1n) is 7.82. The summed E-state index contributed by atoms with van der Waals surface area (Å²) in [7, 11) is 0. The SMILES string of the molecule is O=C(NN=Cc1c(-c2ccc(Br)cc2)nc2sccn12)c1ccccc1. The molecule has 0 fully saturated rings. The van der Waals surface area contributed by atoms with Crippen LogP contribution in [0.5, 0.6) is 0 Å². The van der Waals surface area contributed by atoms with E-state index in [1.54, 1.807) is 29.7 Å². The largest absolute Gasteiger partial charge is 0.289 e. The van der Waals surface area contributed by atoms with Crippen molar-refractivity contribution in [2.45, 2.75) is 0 Å². The number of fused-ring (bicyclic) bond motifs is 1. The predicted octanol–water partition coefficient (Wildman–Crippen LogP) is 4.59. The van der Waals surface area contributed by atoms with Gasteiger partial charge in [-0.15, -0.1) is 11.3 Å². The molecule has 0 spiro atoms. The maximum atomic E-state index is 12.1. The Labute approximate surface area is 162 Å². The molecule has 128 valence electrons. The smallest absolute Gasteiger partial charge is 0.271 e. The highest BCUT2D eigenvalue weighted by Crippen LogP contribution is 2.26. The van der Waals surface area contributed by atoms with E-state index in [0.717, 1.165) is 26.4 Å². The molecule has 2 heterocycles. The number of halogens is 1. The van der Waals surface area contributed by atoms with Crippen LogP contribution >= 0.6 is 27.3 Å². The fraction of sp³-hybridized carbons (Fsp3) is 0. The molecule has 0 bridgehead atoms. The third kappa shape index (κ3) is 3.31. The topological polar surface area (TPSA) is 58.8 Å². The van der Waals surface area contributed by atoms with Gasteiger partial charge in [0.25, 0.3) is 5.91 Å². The molecule has 0 saturated carbocycles. The highest BCUT2D eigenvalue weighted by molar-refractivity contribution is 9.10. The van der Waals surface area contributed by atoms with Crippen molar-refractivity contribution >= 4 is 44.3 Å². The van der Waals surface area contributed by atoms with Gasteiger partial charge >= 0.3 is 0 Å². The van der Waals surface area contributed by atoms with Crippen molar-refractivity contribution in [3.05, 3.63) is 81.9 Å². The molecule has 5 nitrogen and oxygen atoms in total. The van der Waals surface area contributed by atoms with Gasteiger partial charge in [0.2, 0.25) is 0 Å². The fourth-order valence-corrected chi connectivity index (χ4v) is 3.54. The van der Waals surface area contributed by atoms with Crippen LogP contribution in [0, 0.1) is 0 Å². The van der Waals surface area contributed by atoms with Gasteiger partial charge in [-0.3, -0.25) is 9.20 Å². The monoisotopic (exact) mass is 424 g/mol. The minimum absolute atomic E-state index is 0.252. The minimum atomic E-state index is -0.252. The Balaban J connectivity index is 1.65. The lowest BCUT2D eigenvalue weighted by molar-refractivity contribution is 0.0955. The van der Waals surface area contributed by atoms with Crippen molar-refractivity contribution in [1.29, 1.82) is 0 Å². The van der Waals surface area contributed by atoms with Crippen molar-refractivity contribution < 1.29 is 4.79 Å². The number of hydrogen-bond donors (Lipinski definition) is 1. The third-order valence-corrected chi connectivity index (χ3v) is 5.09. The van der Waals surface area contributed by atoms with Gasteiger partial charge in [0.15, 0.2) is 4.96 Å². The molecule has 4 aromatic rings. The van der Waals surface area contributed by atoms with E-state index >= 15 is 0 Å². The van der Waals surface area contributed by atoms with Crippen molar-refractivity contribution in [1.82, 2.24) is 14.8 Å². The Morgan fingerprint density at radius 2 is 1.92 bits per heavy atom. The first-order chi connectivity index (χ1) is 12.7. The van der Waals surface area contributed by atoms with E-state index in [0.29, 0.717) is 5.56 Å². The Morgan fingerprint density at radius 3 is 2.69 bits per heavy atom. The molecule has 2 aromatic heterocycles. The van der Waals surface area contributed by atoms with E-state index in [4.69, 9.17) is 4.98 Å². The zero-order chi connectivity index (χ0) is 17.9. The maximum Gasteiger partial charge on any atom is 0.271 e. The molecule has 7 heteroatoms. The van der Waals surface area contributed by atoms with Crippen LogP contribution in [0.2, 0.25) is 0 Å². The number of imidazole rings is 1. The lowest BCUT2D eigenvalue weighted by Crippen LogP contribution is -2.17. The molecule has 0 aliphatic heterocycles. The second kappa shape index (κ2) is 7.23. The minimum Gasteiger partial charge on any atom is -0.289 e. The number of rotatable bonds is 4. The van der Waals surface area contributed by atoms with Gasteiger partial charge in [0.05, 0.1) is 17.6 Å². The zero-order valence-corrected chi connectivity index (χ0v) is 15.9. The molecular weight excluding hydrogens is 412 g/mol. The Kier molecular flexibility index (Phi) is 4.64. The molecule has 0 saturated heterocycles. The fourth-order valence-electron chi connectivity index (χ4n) is 2.55. The Bertz CT molecular complexity index is 1080. The van der Waals surface area contributed by atoms with Gasteiger partial charge in [-0.05, 0) is 24.3 Å². The van der Waals surface area contributed by atoms with Crippen molar-refractivity contribution in [3.8, 4) is 11.3 Å². The van der Waals surface area contributed by atoms with Crippen molar-refractivity contribution in [3.63, 3.8) is 0 Å². The highest BCUT2D eigenvalue weighted by atomic mass is 79.9. The normalized spacial score (nSPS) is 11.3. The first-order valence-corrected chi connectivity index (χ1v) is 9.49. The van der Waals surface area contributed by atoms with Crippen LogP contribution in [0.1, 0.15) is 16.1 Å². The first kappa shape index (κ1) is 16.7. The summed E-state index contributed by atoms with van der Waals surface area (Å²) in [4.78, 5) is 17.7. The van der Waals surface area contributed by atoms with Crippen LogP contribution in [-0.2, 0) is 0 Å². The average Bonchev–Trinajstić information content (AvgIpc) is 3.25. The number of nitrogens with one attached hydrogen (secondary N) is 1. The molecule has 2 aromatic carbocycles. The van der Waals surface area contributed by atoms with Crippen LogP contribution in [0.15, 0.2) is 75.7 Å². The standard InChI is InChI=1S/C19H13BrN4OS/c20-15-8-6-13(7-9-15)17-16(24-10-11-26-19(24)22-17)12-21-23-18(25)14-4-2-1-3-5-14/h1-12H,(H,23,25). The van der Waals surface area contributed by atoms with Crippen LogP contribution in [-0.4, -0.2) is 21.5 Å². The Morgan fingerprint density at radius 1 is 1.15 bits per heavy atom. The van der Waals surface area contributed by atoms with E-state index in [1.165, 1.54) is 0 Å². The summed E-state index contributed by atoms with van der Waals surface area (Å²) in [6.07, 6.45) is 3.57. The number of hydrogen-bond acceptors (Lipinski definition) is 4. The number of benzene rings is 2. The van der Waals surface area contributed by atoms with Crippen molar-refractivity contribution in [2.75, 3.05) is 0 Å². The molecule has 1 amide bonds. The van der Waals surface area contributed by atoms with Crippen LogP contribution in [0.4, 0.5) is 0 Å². The number of amides is 1. The molecule has 0 radical (unpaired) electrons. The second-order valence-electron chi connectivity index (χ2n) is 5.47. The summed E-state index contributed by atoms with van der Waals surface area (Å²) >= 11 is 5.00. The molecule has 0 aliphatic rings. The molecule has 0 aliphatic carbocycles. The summed E-state index contributed by atoms with van der Waals surface area (Å²) < 4.78 is 2.97. The zero-order valence-electron chi connectivity index (χ0n) is 13.5. The number of carbonyl (C=O) groups is 1. The quantitative estimate of drug-likeness (QED) is 0.384. The van der Waals surface area contributed by atoms with Gasteiger partial charge in [-0.25, -0.2) is 10.4 Å². The van der Waals surface area contributed by atoms with E-state index in [1.807, 2.05) is 58.4 Å². The van der Waals surface area contributed by atoms with Crippen LogP contribution in [0.25, 0.3) is 16.2 Å². The van der Waals surface area contributed by atoms with E-state index in [-0.39, 0.29) is 5.91 Å². The van der Waals surface area contributed by atoms with Gasteiger partial charge in [-0.2, -0.15) is 5.10 Å². The van der Waals surface area contributed by atoms with Gasteiger partial charge in [0, 0.05) is 27.2 Å². The third-order valence-electron chi connectivity index (χ3n) is 3.81. The molecule has 1 N–H and O–H groups in total. The van der Waals surface area contributed by atoms with E-state index < -0.39 is 0 Å². The van der Waals surface area contributed by atoms with E-state index in [9.17, 15) is 4.79 Å². The van der Waals surface area contributed by atoms with Crippen LogP contribution in [0.3, 0.4) is 0 Å². The van der Waals surface area contributed by atoms with Crippen molar-refractivity contribution in [2.24, 2.45) is 5.10 Å². The highest BCUT2D eigenvalue weighted by Gasteiger charge is 2.13. The summed E-state index contributed by atoms with van der Waals surface area (Å²) in [6, 6.07) is 16.9. The summed E-state index contributed by atoms with van der Waals surface area (Å²) in [5, 5.41) is 6.10. The maximum absolute atomic E-state index is 12.1. The van der Waals surface area contributed by atoms with E-state index in [2.05, 4.69) is 26.5 Å². The summed E-state index contributed by atoms with van der Waals surface area (Å²) in [6.45, 7) is 0. The number of thiazole rings is 1. The summed E-state index contributed by atoms with van der Waals surface area (Å²) in [5.41, 5.74) is 5.75. The lowest BCUT2D eigenvalue weighted by atomic mass is 10.1. The Hall–Kier alpha value is -2.77. The van der Waals surface area contributed by atoms with Gasteiger partial charge in [0.1, 0.15) is 0 Å². The van der Waals surface area contributed by atoms with Crippen LogP contribution < -0.4 is 5.43 Å². The molecule has 26 heavy (non-hydrogen) atoms. The number of aromatic nitrogens is 2. The summed E-state index contributed by atoms with van der Waals surface area (Å²) in [5.74, 6) is -0.252. The average molecular weight is 425 g/mol. The number of nitrogens with zero attached hydrogens (tertiary/aromatic N) is 3. The molecule has 0 atom stereocenters. The van der Waals surface area contributed by atoms with Gasteiger partial charge in [-0.1, -0.05) is 46.3 Å². The molecular formula is C19H13BrN4OS. The molecule has 4 rings (SSSR count). The lowest BCUT2D eigenvalue weighted by Gasteiger charge is -2.01. The second-order valence-corrected chi connectivity index (χ2v) is 7.26. The number of carbonyl (C=O) groups excluding carboxylic acids is 1. The number of hydrazone groups is 1. The molecule has 0 unspecified atom stereocenters.